The predicted molar refractivity (Wildman–Crippen MR) is 129 cm³/mol. The van der Waals surface area contributed by atoms with Crippen LogP contribution >= 0.6 is 15.9 Å². The molecule has 2 aromatic carbocycles. The van der Waals surface area contributed by atoms with Crippen LogP contribution in [0.3, 0.4) is 0 Å². The predicted octanol–water partition coefficient (Wildman–Crippen LogP) is 4.53. The monoisotopic (exact) mass is 500 g/mol. The average Bonchev–Trinajstić information content (AvgIpc) is 3.04. The Morgan fingerprint density at radius 1 is 1.16 bits per heavy atom. The summed E-state index contributed by atoms with van der Waals surface area (Å²) in [5.41, 5.74) is 2.14. The van der Waals surface area contributed by atoms with E-state index in [0.717, 1.165) is 28.7 Å². The number of amides is 1. The minimum Gasteiger partial charge on any atom is -0.507 e. The summed E-state index contributed by atoms with van der Waals surface area (Å²) in [7, 11) is 1.57. The van der Waals surface area contributed by atoms with E-state index in [1.165, 1.54) is 0 Å². The number of ketones is 1. The molecule has 32 heavy (non-hydrogen) atoms. The molecule has 1 heterocycles. The number of likely N-dealkylation sites (tertiary alicyclic amines) is 1. The summed E-state index contributed by atoms with van der Waals surface area (Å²) < 4.78 is 6.09. The van der Waals surface area contributed by atoms with Gasteiger partial charge in [0.25, 0.3) is 11.7 Å². The smallest absolute Gasteiger partial charge is 0.295 e. The number of carbonyl (C=O) groups excluding carboxylic acids is 2. The molecule has 0 saturated carbocycles. The molecule has 1 aliphatic rings. The Balaban J connectivity index is 2.13. The minimum absolute atomic E-state index is 0.112. The number of aryl methyl sites for hydroxylation is 1. The highest BCUT2D eigenvalue weighted by Gasteiger charge is 2.46. The molecule has 0 bridgehead atoms. The van der Waals surface area contributed by atoms with E-state index in [0.29, 0.717) is 24.4 Å². The zero-order chi connectivity index (χ0) is 23.4. The van der Waals surface area contributed by atoms with E-state index in [1.54, 1.807) is 30.2 Å². The van der Waals surface area contributed by atoms with Crippen LogP contribution in [0.4, 0.5) is 0 Å². The number of halogens is 1. The maximum atomic E-state index is 13.2. The van der Waals surface area contributed by atoms with Gasteiger partial charge in [0.2, 0.25) is 0 Å². The Labute approximate surface area is 197 Å². The number of aliphatic hydroxyl groups excluding tert-OH is 1. The third-order valence-corrected chi connectivity index (χ3v) is 6.44. The van der Waals surface area contributed by atoms with Gasteiger partial charge < -0.3 is 19.6 Å². The molecule has 0 radical (unpaired) electrons. The van der Waals surface area contributed by atoms with Crippen LogP contribution in [0.1, 0.15) is 36.6 Å². The molecule has 1 aliphatic heterocycles. The highest BCUT2D eigenvalue weighted by atomic mass is 79.9. The van der Waals surface area contributed by atoms with E-state index < -0.39 is 17.7 Å². The van der Waals surface area contributed by atoms with Crippen LogP contribution in [0.2, 0.25) is 0 Å². The Bertz CT molecular complexity index is 1050. The molecular weight excluding hydrogens is 472 g/mol. The lowest BCUT2D eigenvalue weighted by atomic mass is 9.94. The number of nitrogens with zero attached hydrogens (tertiary/aromatic N) is 2. The molecule has 170 valence electrons. The summed E-state index contributed by atoms with van der Waals surface area (Å²) in [5.74, 6) is -0.766. The van der Waals surface area contributed by atoms with Gasteiger partial charge in [-0.1, -0.05) is 41.9 Å². The summed E-state index contributed by atoms with van der Waals surface area (Å²) in [4.78, 5) is 30.0. The summed E-state index contributed by atoms with van der Waals surface area (Å²) in [6.45, 7) is 8.71. The highest BCUT2D eigenvalue weighted by molar-refractivity contribution is 9.10. The molecule has 1 amide bonds. The zero-order valence-electron chi connectivity index (χ0n) is 18.9. The van der Waals surface area contributed by atoms with Gasteiger partial charge in [0.05, 0.1) is 18.7 Å². The van der Waals surface area contributed by atoms with Crippen molar-refractivity contribution in [3.05, 3.63) is 69.2 Å². The Morgan fingerprint density at radius 3 is 2.47 bits per heavy atom. The van der Waals surface area contributed by atoms with Gasteiger partial charge in [-0.3, -0.25) is 9.59 Å². The van der Waals surface area contributed by atoms with Gasteiger partial charge in [0, 0.05) is 23.1 Å². The maximum Gasteiger partial charge on any atom is 0.295 e. The lowest BCUT2D eigenvalue weighted by Crippen LogP contribution is -2.38. The van der Waals surface area contributed by atoms with Crippen LogP contribution in [0, 0.1) is 6.92 Å². The number of benzene rings is 2. The molecule has 0 spiro atoms. The van der Waals surface area contributed by atoms with Crippen molar-refractivity contribution in [2.75, 3.05) is 33.3 Å². The van der Waals surface area contributed by atoms with Gasteiger partial charge >= 0.3 is 0 Å². The standard InChI is InChI=1S/C25H29BrN2O4/c1-5-27(6-2)12-13-28-22(17-8-7-9-18(26)15-17)21(24(30)25(28)31)23(29)20-11-10-19(32-4)14-16(20)3/h7-11,14-15,22,29H,5-6,12-13H2,1-4H3/t22-/m0/s1. The normalized spacial score (nSPS) is 17.9. The van der Waals surface area contributed by atoms with Crippen molar-refractivity contribution in [1.82, 2.24) is 9.80 Å². The van der Waals surface area contributed by atoms with Gasteiger partial charge in [-0.2, -0.15) is 0 Å². The Morgan fingerprint density at radius 2 is 1.88 bits per heavy atom. The fraction of sp³-hybridized carbons (Fsp3) is 0.360. The van der Waals surface area contributed by atoms with Crippen molar-refractivity contribution in [2.24, 2.45) is 0 Å². The molecule has 0 unspecified atom stereocenters. The Kier molecular flexibility index (Phi) is 7.74. The lowest BCUT2D eigenvalue weighted by molar-refractivity contribution is -0.140. The van der Waals surface area contributed by atoms with Crippen LogP contribution in [-0.4, -0.2) is 59.9 Å². The van der Waals surface area contributed by atoms with E-state index in [1.807, 2.05) is 31.2 Å². The number of aliphatic hydroxyl groups is 1. The second-order valence-corrected chi connectivity index (χ2v) is 8.67. The van der Waals surface area contributed by atoms with Gasteiger partial charge in [-0.05, 0) is 61.5 Å². The molecule has 1 saturated heterocycles. The van der Waals surface area contributed by atoms with Crippen molar-refractivity contribution in [3.63, 3.8) is 0 Å². The molecule has 1 N–H and O–H groups in total. The molecule has 6 nitrogen and oxygen atoms in total. The van der Waals surface area contributed by atoms with E-state index in [-0.39, 0.29) is 11.3 Å². The summed E-state index contributed by atoms with van der Waals surface area (Å²) in [6, 6.07) is 12.1. The fourth-order valence-electron chi connectivity index (χ4n) is 4.10. The Hall–Kier alpha value is -2.64. The van der Waals surface area contributed by atoms with Crippen molar-refractivity contribution in [2.45, 2.75) is 26.8 Å². The van der Waals surface area contributed by atoms with E-state index >= 15 is 0 Å². The first-order valence-corrected chi connectivity index (χ1v) is 11.5. The molecule has 1 atom stereocenters. The van der Waals surface area contributed by atoms with Gasteiger partial charge in [-0.15, -0.1) is 0 Å². The number of hydrogen-bond donors (Lipinski definition) is 1. The number of likely N-dealkylation sites (N-methyl/N-ethyl adjacent to an activating group) is 1. The van der Waals surface area contributed by atoms with Gasteiger partial charge in [0.15, 0.2) is 0 Å². The number of hydrogen-bond acceptors (Lipinski definition) is 5. The molecule has 0 aromatic heterocycles. The highest BCUT2D eigenvalue weighted by Crippen LogP contribution is 2.40. The number of ether oxygens (including phenoxy) is 1. The summed E-state index contributed by atoms with van der Waals surface area (Å²) in [5, 5.41) is 11.3. The lowest BCUT2D eigenvalue weighted by Gasteiger charge is -2.28. The molecule has 1 fully saturated rings. The van der Waals surface area contributed by atoms with Crippen LogP contribution in [0.5, 0.6) is 5.75 Å². The number of methoxy groups -OCH3 is 1. The topological polar surface area (TPSA) is 70.1 Å². The quantitative estimate of drug-likeness (QED) is 0.327. The van der Waals surface area contributed by atoms with Gasteiger partial charge in [-0.25, -0.2) is 0 Å². The first kappa shape index (κ1) is 24.0. The molecule has 3 rings (SSSR count). The second kappa shape index (κ2) is 10.3. The number of Topliss-reactive ketones (excluding diaryl/α,β-unsaturated/α-hetero) is 1. The first-order chi connectivity index (χ1) is 15.3. The van der Waals surface area contributed by atoms with E-state index in [9.17, 15) is 14.7 Å². The largest absolute Gasteiger partial charge is 0.507 e. The molecular formula is C25H29BrN2O4. The number of rotatable bonds is 8. The van der Waals surface area contributed by atoms with Crippen LogP contribution in [0.15, 0.2) is 52.5 Å². The van der Waals surface area contributed by atoms with Gasteiger partial charge in [0.1, 0.15) is 11.5 Å². The van der Waals surface area contributed by atoms with Crippen molar-refractivity contribution >= 4 is 33.4 Å². The van der Waals surface area contributed by atoms with E-state index in [2.05, 4.69) is 34.7 Å². The van der Waals surface area contributed by atoms with E-state index in [4.69, 9.17) is 4.74 Å². The third-order valence-electron chi connectivity index (χ3n) is 5.94. The SMILES string of the molecule is CCN(CC)CCN1C(=O)C(=O)C(=C(O)c2ccc(OC)cc2C)[C@@H]1c1cccc(Br)c1. The maximum absolute atomic E-state index is 13.2. The summed E-state index contributed by atoms with van der Waals surface area (Å²) >= 11 is 3.48. The third kappa shape index (κ3) is 4.74. The van der Waals surface area contributed by atoms with Crippen molar-refractivity contribution in [1.29, 1.82) is 0 Å². The van der Waals surface area contributed by atoms with Crippen molar-refractivity contribution in [3.8, 4) is 5.75 Å². The molecule has 2 aromatic rings. The zero-order valence-corrected chi connectivity index (χ0v) is 20.5. The fourth-order valence-corrected chi connectivity index (χ4v) is 4.51. The van der Waals surface area contributed by atoms with Crippen LogP contribution in [-0.2, 0) is 9.59 Å². The van der Waals surface area contributed by atoms with Crippen LogP contribution < -0.4 is 4.74 Å². The number of carbonyl (C=O) groups is 2. The minimum atomic E-state index is -0.665. The second-order valence-electron chi connectivity index (χ2n) is 7.76. The van der Waals surface area contributed by atoms with Crippen molar-refractivity contribution < 1.29 is 19.4 Å². The van der Waals surface area contributed by atoms with Crippen LogP contribution in [0.25, 0.3) is 5.76 Å². The first-order valence-electron chi connectivity index (χ1n) is 10.7. The molecule has 0 aliphatic carbocycles. The average molecular weight is 501 g/mol. The molecule has 7 heteroatoms. The summed E-state index contributed by atoms with van der Waals surface area (Å²) in [6.07, 6.45) is 0.